The number of rotatable bonds is 5. The van der Waals surface area contributed by atoms with E-state index in [0.717, 1.165) is 36.4 Å². The molecular formula is C25H28N6O4. The quantitative estimate of drug-likeness (QED) is 0.638. The highest BCUT2D eigenvalue weighted by atomic mass is 16.2. The zero-order chi connectivity index (χ0) is 24.7. The van der Waals surface area contributed by atoms with Gasteiger partial charge >= 0.3 is 0 Å². The third-order valence-corrected chi connectivity index (χ3v) is 7.00. The van der Waals surface area contributed by atoms with Crippen molar-refractivity contribution in [3.8, 4) is 0 Å². The fourth-order valence-corrected chi connectivity index (χ4v) is 5.05. The fraction of sp³-hybridized carbons (Fsp3) is 0.400. The number of amides is 4. The molecule has 2 N–H and O–H groups in total. The van der Waals surface area contributed by atoms with Crippen LogP contribution in [0.25, 0.3) is 0 Å². The monoisotopic (exact) mass is 476 g/mol. The number of allylic oxidation sites excluding steroid dienone is 1. The van der Waals surface area contributed by atoms with Crippen molar-refractivity contribution in [1.29, 1.82) is 0 Å². The fourth-order valence-electron chi connectivity index (χ4n) is 5.05. The molecule has 2 saturated heterocycles. The van der Waals surface area contributed by atoms with Crippen LogP contribution in [0.5, 0.6) is 0 Å². The molecule has 5 rings (SSSR count). The smallest absolute Gasteiger partial charge is 0.264 e. The van der Waals surface area contributed by atoms with E-state index in [0.29, 0.717) is 41.9 Å². The molecule has 4 amide bonds. The van der Waals surface area contributed by atoms with E-state index in [1.54, 1.807) is 31.3 Å². The number of benzene rings is 1. The van der Waals surface area contributed by atoms with Crippen LogP contribution in [0.15, 0.2) is 42.9 Å². The van der Waals surface area contributed by atoms with Crippen molar-refractivity contribution < 1.29 is 19.2 Å². The van der Waals surface area contributed by atoms with Crippen LogP contribution >= 0.6 is 0 Å². The van der Waals surface area contributed by atoms with Gasteiger partial charge in [-0.25, -0.2) is 0 Å². The summed E-state index contributed by atoms with van der Waals surface area (Å²) in [6.07, 6.45) is 6.36. The van der Waals surface area contributed by atoms with Gasteiger partial charge in [0.2, 0.25) is 11.8 Å². The maximum Gasteiger partial charge on any atom is 0.264 e. The highest BCUT2D eigenvalue weighted by molar-refractivity contribution is 6.25. The van der Waals surface area contributed by atoms with Gasteiger partial charge < -0.3 is 15.5 Å². The van der Waals surface area contributed by atoms with Crippen molar-refractivity contribution in [3.63, 3.8) is 0 Å². The van der Waals surface area contributed by atoms with Gasteiger partial charge in [0, 0.05) is 49.7 Å². The summed E-state index contributed by atoms with van der Waals surface area (Å²) in [6, 6.07) is 4.51. The molecule has 10 nitrogen and oxygen atoms in total. The number of likely N-dealkylation sites (tertiary alicyclic amines) is 1. The second-order valence-corrected chi connectivity index (χ2v) is 9.28. The van der Waals surface area contributed by atoms with E-state index in [1.165, 1.54) is 0 Å². The predicted molar refractivity (Wildman–Crippen MR) is 127 cm³/mol. The number of nitrogens with one attached hydrogen (secondary N) is 2. The Morgan fingerprint density at radius 3 is 2.66 bits per heavy atom. The molecule has 3 aliphatic heterocycles. The minimum absolute atomic E-state index is 0.102. The van der Waals surface area contributed by atoms with Crippen LogP contribution in [-0.2, 0) is 16.1 Å². The Bertz CT molecular complexity index is 1230. The number of carbonyl (C=O) groups excluding carboxylic acids is 4. The van der Waals surface area contributed by atoms with Crippen LogP contribution < -0.4 is 10.6 Å². The predicted octanol–water partition coefficient (Wildman–Crippen LogP) is 2.07. The van der Waals surface area contributed by atoms with Gasteiger partial charge in [-0.15, -0.1) is 0 Å². The Morgan fingerprint density at radius 1 is 1.17 bits per heavy atom. The highest BCUT2D eigenvalue weighted by Gasteiger charge is 2.45. The van der Waals surface area contributed by atoms with Crippen LogP contribution in [0.2, 0.25) is 0 Å². The molecular weight excluding hydrogens is 448 g/mol. The van der Waals surface area contributed by atoms with Gasteiger partial charge in [0.25, 0.3) is 11.8 Å². The first-order valence-corrected chi connectivity index (χ1v) is 11.9. The zero-order valence-electron chi connectivity index (χ0n) is 19.6. The largest absolute Gasteiger partial charge is 0.380 e. The molecule has 0 bridgehead atoms. The Hall–Kier alpha value is -3.95. The normalized spacial score (nSPS) is 20.8. The number of piperidine rings is 2. The Morgan fingerprint density at radius 2 is 1.94 bits per heavy atom. The molecule has 1 atom stereocenters. The van der Waals surface area contributed by atoms with Gasteiger partial charge in [0.15, 0.2) is 0 Å². The maximum absolute atomic E-state index is 13.3. The van der Waals surface area contributed by atoms with Crippen molar-refractivity contribution in [3.05, 3.63) is 59.6 Å². The third kappa shape index (κ3) is 4.20. The van der Waals surface area contributed by atoms with E-state index in [1.807, 2.05) is 15.8 Å². The standard InChI is InChI=1S/C25H28N6O4/c1-15-6-7-21(23(33)28-15)31-24(34)19-4-3-5-20(22(19)25(31)35)26-12-17-13-27-30(14-17)18-8-10-29(11-9-18)16(2)32/h3-5,13-14,18,21,26H,1,6-12H2,2H3,(H,28,33). The van der Waals surface area contributed by atoms with E-state index in [4.69, 9.17) is 0 Å². The molecule has 1 aromatic heterocycles. The number of anilines is 1. The van der Waals surface area contributed by atoms with Crippen molar-refractivity contribution in [2.45, 2.75) is 51.2 Å². The van der Waals surface area contributed by atoms with Gasteiger partial charge in [-0.3, -0.25) is 28.8 Å². The van der Waals surface area contributed by atoms with Crippen molar-refractivity contribution in [2.75, 3.05) is 18.4 Å². The molecule has 2 aromatic rings. The molecule has 4 heterocycles. The zero-order valence-corrected chi connectivity index (χ0v) is 19.6. The molecule has 0 spiro atoms. The second kappa shape index (κ2) is 9.01. The molecule has 3 aliphatic rings. The summed E-state index contributed by atoms with van der Waals surface area (Å²) < 4.78 is 1.94. The highest BCUT2D eigenvalue weighted by Crippen LogP contribution is 2.33. The Balaban J connectivity index is 1.28. The third-order valence-electron chi connectivity index (χ3n) is 7.00. The number of hydrogen-bond acceptors (Lipinski definition) is 6. The summed E-state index contributed by atoms with van der Waals surface area (Å²) in [5.74, 6) is -1.20. The number of hydrogen-bond donors (Lipinski definition) is 2. The summed E-state index contributed by atoms with van der Waals surface area (Å²) in [5, 5.41) is 10.4. The molecule has 2 fully saturated rings. The second-order valence-electron chi connectivity index (χ2n) is 9.28. The van der Waals surface area contributed by atoms with Crippen LogP contribution in [-0.4, -0.2) is 62.3 Å². The minimum Gasteiger partial charge on any atom is -0.380 e. The van der Waals surface area contributed by atoms with Crippen molar-refractivity contribution in [2.24, 2.45) is 0 Å². The molecule has 0 radical (unpaired) electrons. The average molecular weight is 477 g/mol. The first-order valence-electron chi connectivity index (χ1n) is 11.9. The average Bonchev–Trinajstić information content (AvgIpc) is 3.42. The number of carbonyl (C=O) groups is 4. The lowest BCUT2D eigenvalue weighted by Crippen LogP contribution is -2.51. The first-order chi connectivity index (χ1) is 16.8. The summed E-state index contributed by atoms with van der Waals surface area (Å²) in [5.41, 5.74) is 2.67. The molecule has 0 saturated carbocycles. The van der Waals surface area contributed by atoms with Crippen molar-refractivity contribution >= 4 is 29.3 Å². The van der Waals surface area contributed by atoms with Gasteiger partial charge in [-0.2, -0.15) is 5.10 Å². The van der Waals surface area contributed by atoms with Crippen LogP contribution in [0.1, 0.15) is 64.9 Å². The topological polar surface area (TPSA) is 117 Å². The van der Waals surface area contributed by atoms with E-state index < -0.39 is 17.9 Å². The van der Waals surface area contributed by atoms with Crippen LogP contribution in [0, 0.1) is 0 Å². The summed E-state index contributed by atoms with van der Waals surface area (Å²) >= 11 is 0. The lowest BCUT2D eigenvalue weighted by atomic mass is 10.0. The molecule has 10 heteroatoms. The van der Waals surface area contributed by atoms with E-state index in [-0.39, 0.29) is 17.9 Å². The number of imide groups is 1. The molecule has 35 heavy (non-hydrogen) atoms. The summed E-state index contributed by atoms with van der Waals surface area (Å²) in [4.78, 5) is 53.2. The summed E-state index contributed by atoms with van der Waals surface area (Å²) in [7, 11) is 0. The first kappa shape index (κ1) is 22.8. The van der Waals surface area contributed by atoms with Gasteiger partial charge in [0.1, 0.15) is 6.04 Å². The van der Waals surface area contributed by atoms with Gasteiger partial charge in [-0.1, -0.05) is 12.6 Å². The van der Waals surface area contributed by atoms with E-state index in [2.05, 4.69) is 22.3 Å². The molecule has 182 valence electrons. The number of aromatic nitrogens is 2. The van der Waals surface area contributed by atoms with Gasteiger partial charge in [0.05, 0.1) is 23.4 Å². The lowest BCUT2D eigenvalue weighted by Gasteiger charge is -2.31. The van der Waals surface area contributed by atoms with Crippen LogP contribution in [0.4, 0.5) is 5.69 Å². The number of fused-ring (bicyclic) bond motifs is 1. The molecule has 0 aliphatic carbocycles. The summed E-state index contributed by atoms with van der Waals surface area (Å²) in [6.45, 7) is 7.23. The Labute approximate surface area is 202 Å². The van der Waals surface area contributed by atoms with E-state index >= 15 is 0 Å². The minimum atomic E-state index is -0.839. The Kier molecular flexibility index (Phi) is 5.88. The maximum atomic E-state index is 13.3. The lowest BCUT2D eigenvalue weighted by molar-refractivity contribution is -0.130. The van der Waals surface area contributed by atoms with Gasteiger partial charge in [-0.05, 0) is 37.8 Å². The molecule has 1 unspecified atom stereocenters. The van der Waals surface area contributed by atoms with Crippen molar-refractivity contribution in [1.82, 2.24) is 24.9 Å². The SMILES string of the molecule is C=C1CCC(N2C(=O)c3cccc(NCc4cnn(C5CCN(C(C)=O)CC5)c4)c3C2=O)C(=O)N1. The van der Waals surface area contributed by atoms with E-state index in [9.17, 15) is 19.2 Å². The van der Waals surface area contributed by atoms with Crippen LogP contribution in [0.3, 0.4) is 0 Å². The number of nitrogens with zero attached hydrogens (tertiary/aromatic N) is 4. The molecule has 1 aromatic carbocycles.